The van der Waals surface area contributed by atoms with E-state index in [-0.39, 0.29) is 0 Å². The van der Waals surface area contributed by atoms with Crippen LogP contribution in [-0.4, -0.2) is 0 Å². The third kappa shape index (κ3) is 2.07. The Hall–Kier alpha value is -1.31. The van der Waals surface area contributed by atoms with E-state index in [0.29, 0.717) is 5.88 Å². The molecule has 0 heterocycles. The highest BCUT2D eigenvalue weighted by Crippen LogP contribution is 2.34. The molecule has 94 valence electrons. The van der Waals surface area contributed by atoms with Gasteiger partial charge in [0.25, 0.3) is 0 Å². The van der Waals surface area contributed by atoms with Crippen LogP contribution in [0.1, 0.15) is 11.1 Å². The van der Waals surface area contributed by atoms with Crippen LogP contribution in [0.25, 0.3) is 27.6 Å². The van der Waals surface area contributed by atoms with Crippen LogP contribution in [-0.2, 0) is 5.88 Å². The van der Waals surface area contributed by atoms with Crippen molar-refractivity contribution in [2.45, 2.75) is 5.88 Å². The SMILES string of the molecule is C=Cc1cc(Br)c(CCl)c2cc3ccccc3cc12. The zero-order valence-electron chi connectivity index (χ0n) is 10.3. The number of fused-ring (bicyclic) bond motifs is 2. The van der Waals surface area contributed by atoms with E-state index in [4.69, 9.17) is 11.6 Å². The maximum Gasteiger partial charge on any atom is 0.0491 e. The van der Waals surface area contributed by atoms with E-state index in [0.717, 1.165) is 15.6 Å². The largest absolute Gasteiger partial charge is 0.121 e. The van der Waals surface area contributed by atoms with Crippen molar-refractivity contribution in [2.75, 3.05) is 0 Å². The molecule has 0 atom stereocenters. The first kappa shape index (κ1) is 12.7. The third-order valence-corrected chi connectivity index (χ3v) is 4.42. The third-order valence-electron chi connectivity index (χ3n) is 3.45. The predicted octanol–water partition coefficient (Wildman–Crippen LogP) is 6.14. The molecule has 0 N–H and O–H groups in total. The van der Waals surface area contributed by atoms with Gasteiger partial charge in [0.15, 0.2) is 0 Å². The minimum atomic E-state index is 0.493. The molecule has 2 heteroatoms. The van der Waals surface area contributed by atoms with Gasteiger partial charge in [0.2, 0.25) is 0 Å². The topological polar surface area (TPSA) is 0 Å². The van der Waals surface area contributed by atoms with Gasteiger partial charge >= 0.3 is 0 Å². The minimum absolute atomic E-state index is 0.493. The van der Waals surface area contributed by atoms with E-state index >= 15 is 0 Å². The van der Waals surface area contributed by atoms with Crippen molar-refractivity contribution in [3.63, 3.8) is 0 Å². The van der Waals surface area contributed by atoms with E-state index in [1.807, 2.05) is 6.08 Å². The van der Waals surface area contributed by atoms with Gasteiger partial charge in [-0.25, -0.2) is 0 Å². The van der Waals surface area contributed by atoms with Gasteiger partial charge in [-0.2, -0.15) is 0 Å². The van der Waals surface area contributed by atoms with Crippen LogP contribution >= 0.6 is 27.5 Å². The molecule has 0 saturated heterocycles. The number of hydrogen-bond acceptors (Lipinski definition) is 0. The summed E-state index contributed by atoms with van der Waals surface area (Å²) in [5.74, 6) is 0.493. The fourth-order valence-electron chi connectivity index (χ4n) is 2.46. The van der Waals surface area contributed by atoms with Crippen molar-refractivity contribution in [3.05, 3.63) is 64.6 Å². The summed E-state index contributed by atoms with van der Waals surface area (Å²) in [6, 6.07) is 14.9. The van der Waals surface area contributed by atoms with Gasteiger partial charge in [0.1, 0.15) is 0 Å². The standard InChI is InChI=1S/C17H12BrCl/c1-2-11-9-17(18)16(10-19)15-8-13-6-4-3-5-12(13)7-14(11)15/h2-9H,1,10H2. The van der Waals surface area contributed by atoms with Gasteiger partial charge < -0.3 is 0 Å². The van der Waals surface area contributed by atoms with Crippen molar-refractivity contribution in [1.29, 1.82) is 0 Å². The number of halogens is 2. The summed E-state index contributed by atoms with van der Waals surface area (Å²) in [5, 5.41) is 4.86. The molecule has 3 rings (SSSR count). The Bertz CT molecular complexity index is 790. The molecule has 0 aliphatic heterocycles. The molecule has 0 aliphatic rings. The summed E-state index contributed by atoms with van der Waals surface area (Å²) < 4.78 is 1.04. The van der Waals surface area contributed by atoms with Crippen LogP contribution in [0.15, 0.2) is 53.5 Å². The predicted molar refractivity (Wildman–Crippen MR) is 88.8 cm³/mol. The van der Waals surface area contributed by atoms with E-state index in [1.54, 1.807) is 0 Å². The Balaban J connectivity index is 2.54. The average molecular weight is 332 g/mol. The molecule has 0 spiro atoms. The van der Waals surface area contributed by atoms with Gasteiger partial charge in [0.05, 0.1) is 0 Å². The lowest BCUT2D eigenvalue weighted by Gasteiger charge is -2.11. The first-order valence-electron chi connectivity index (χ1n) is 6.07. The van der Waals surface area contributed by atoms with Crippen LogP contribution in [0.5, 0.6) is 0 Å². The smallest absolute Gasteiger partial charge is 0.0491 e. The summed E-state index contributed by atoms with van der Waals surface area (Å²) in [6.07, 6.45) is 1.89. The first-order chi connectivity index (χ1) is 9.24. The van der Waals surface area contributed by atoms with Gasteiger partial charge in [-0.3, -0.25) is 0 Å². The molecule has 0 saturated carbocycles. The molecular formula is C17H12BrCl. The second kappa shape index (κ2) is 4.99. The number of benzene rings is 3. The molecule has 19 heavy (non-hydrogen) atoms. The molecule has 0 fully saturated rings. The van der Waals surface area contributed by atoms with Gasteiger partial charge in [0, 0.05) is 10.4 Å². The molecular weight excluding hydrogens is 320 g/mol. The molecule has 3 aromatic rings. The molecule has 0 nitrogen and oxygen atoms in total. The lowest BCUT2D eigenvalue weighted by Crippen LogP contribution is -1.89. The Kier molecular flexibility index (Phi) is 3.34. The van der Waals surface area contributed by atoms with Gasteiger partial charge in [-0.1, -0.05) is 52.9 Å². The van der Waals surface area contributed by atoms with Crippen LogP contribution in [0.3, 0.4) is 0 Å². The van der Waals surface area contributed by atoms with E-state index in [9.17, 15) is 0 Å². The Labute approximate surface area is 125 Å². The van der Waals surface area contributed by atoms with Crippen molar-refractivity contribution in [3.8, 4) is 0 Å². The quantitative estimate of drug-likeness (QED) is 0.391. The fourth-order valence-corrected chi connectivity index (χ4v) is 3.51. The van der Waals surface area contributed by atoms with Crippen LogP contribution in [0.4, 0.5) is 0 Å². The lowest BCUT2D eigenvalue weighted by molar-refractivity contribution is 1.41. The van der Waals surface area contributed by atoms with Crippen LogP contribution in [0, 0.1) is 0 Å². The number of rotatable bonds is 2. The molecule has 0 aliphatic carbocycles. The van der Waals surface area contributed by atoms with Crippen molar-refractivity contribution >= 4 is 55.2 Å². The van der Waals surface area contributed by atoms with Crippen molar-refractivity contribution in [1.82, 2.24) is 0 Å². The minimum Gasteiger partial charge on any atom is -0.121 e. The summed E-state index contributed by atoms with van der Waals surface area (Å²) in [7, 11) is 0. The van der Waals surface area contributed by atoms with Crippen LogP contribution in [0.2, 0.25) is 0 Å². The summed E-state index contributed by atoms with van der Waals surface area (Å²) >= 11 is 9.70. The molecule has 0 radical (unpaired) electrons. The fraction of sp³-hybridized carbons (Fsp3) is 0.0588. The Morgan fingerprint density at radius 3 is 2.26 bits per heavy atom. The summed E-state index contributed by atoms with van der Waals surface area (Å²) in [4.78, 5) is 0. The van der Waals surface area contributed by atoms with E-state index in [1.165, 1.54) is 21.5 Å². The average Bonchev–Trinajstić information content (AvgIpc) is 2.44. The first-order valence-corrected chi connectivity index (χ1v) is 7.39. The highest BCUT2D eigenvalue weighted by atomic mass is 79.9. The highest BCUT2D eigenvalue weighted by molar-refractivity contribution is 9.10. The maximum absolute atomic E-state index is 6.10. The van der Waals surface area contributed by atoms with Gasteiger partial charge in [-0.15, -0.1) is 11.6 Å². The molecule has 0 unspecified atom stereocenters. The maximum atomic E-state index is 6.10. The van der Waals surface area contributed by atoms with E-state index in [2.05, 4.69) is 65.0 Å². The van der Waals surface area contributed by atoms with E-state index < -0.39 is 0 Å². The lowest BCUT2D eigenvalue weighted by atomic mass is 9.96. The van der Waals surface area contributed by atoms with Crippen LogP contribution < -0.4 is 0 Å². The molecule has 0 aromatic heterocycles. The molecule has 0 bridgehead atoms. The second-order valence-electron chi connectivity index (χ2n) is 4.51. The van der Waals surface area contributed by atoms with Crippen molar-refractivity contribution < 1.29 is 0 Å². The zero-order valence-corrected chi connectivity index (χ0v) is 12.6. The zero-order chi connectivity index (χ0) is 13.4. The Morgan fingerprint density at radius 2 is 1.68 bits per heavy atom. The molecule has 3 aromatic carbocycles. The monoisotopic (exact) mass is 330 g/mol. The normalized spacial score (nSPS) is 11.1. The Morgan fingerprint density at radius 1 is 1.05 bits per heavy atom. The number of hydrogen-bond donors (Lipinski definition) is 0. The second-order valence-corrected chi connectivity index (χ2v) is 5.63. The van der Waals surface area contributed by atoms with Crippen molar-refractivity contribution in [2.24, 2.45) is 0 Å². The molecule has 0 amide bonds. The summed E-state index contributed by atoms with van der Waals surface area (Å²) in [5.41, 5.74) is 2.26. The van der Waals surface area contributed by atoms with Gasteiger partial charge in [-0.05, 0) is 50.9 Å². The highest BCUT2D eigenvalue weighted by Gasteiger charge is 2.09. The summed E-state index contributed by atoms with van der Waals surface area (Å²) in [6.45, 7) is 3.90. The number of alkyl halides is 1.